The van der Waals surface area contributed by atoms with Crippen LogP contribution in [0.1, 0.15) is 58.8 Å². The van der Waals surface area contributed by atoms with E-state index in [0.717, 1.165) is 54.1 Å². The minimum Gasteiger partial charge on any atom is -0.299 e. The summed E-state index contributed by atoms with van der Waals surface area (Å²) in [5, 5.41) is 2.07. The summed E-state index contributed by atoms with van der Waals surface area (Å²) in [6.07, 6.45) is 9.09. The number of aromatic nitrogens is 1. The Morgan fingerprint density at radius 3 is 2.78 bits per heavy atom. The molecule has 6 atom stereocenters. The maximum Gasteiger partial charge on any atom is 0.150 e. The molecule has 0 saturated heterocycles. The second-order valence-corrected chi connectivity index (χ2v) is 14.0. The van der Waals surface area contributed by atoms with Gasteiger partial charge in [-0.1, -0.05) is 79.7 Å². The van der Waals surface area contributed by atoms with Crippen LogP contribution in [0.3, 0.4) is 0 Å². The maximum atomic E-state index is 13.8. The molecule has 3 saturated carbocycles. The van der Waals surface area contributed by atoms with Crippen molar-refractivity contribution in [3.63, 3.8) is 0 Å². The maximum absolute atomic E-state index is 13.8. The zero-order valence-corrected chi connectivity index (χ0v) is 22.9. The molecule has 1 heterocycles. The molecular formula is C31H35NO2S2. The minimum absolute atomic E-state index is 0.00988. The van der Waals surface area contributed by atoms with Crippen molar-refractivity contribution < 1.29 is 9.59 Å². The van der Waals surface area contributed by atoms with Crippen LogP contribution in [-0.2, 0) is 9.59 Å². The van der Waals surface area contributed by atoms with Crippen molar-refractivity contribution in [1.82, 2.24) is 4.98 Å². The number of thiazole rings is 1. The molecule has 0 amide bonds. The zero-order chi connectivity index (χ0) is 25.1. The zero-order valence-electron chi connectivity index (χ0n) is 21.3. The van der Waals surface area contributed by atoms with Gasteiger partial charge in [0.1, 0.15) is 11.6 Å². The molecule has 6 rings (SSSR count). The van der Waals surface area contributed by atoms with E-state index in [0.29, 0.717) is 35.6 Å². The fourth-order valence-electron chi connectivity index (χ4n) is 8.30. The molecule has 0 radical (unpaired) electrons. The summed E-state index contributed by atoms with van der Waals surface area (Å²) in [4.78, 5) is 32.2. The van der Waals surface area contributed by atoms with Gasteiger partial charge in [0, 0.05) is 29.2 Å². The van der Waals surface area contributed by atoms with Crippen molar-refractivity contribution in [3.8, 4) is 11.3 Å². The third-order valence-electron chi connectivity index (χ3n) is 10.0. The standard InChI is InChI=1S/C31H35NO2S2/c1-19-13-14-30(2)21(15-19)9-10-22-23-11-12-24(31(23,3)16-26(33)28(22)30)27(34)18-36-29-32-25(17-35-29)20-7-5-4-6-8-20/h4-8,15,17,22-24,28H,1,9-14,16,18H2,2-3H3. The van der Waals surface area contributed by atoms with Gasteiger partial charge in [-0.3, -0.25) is 9.59 Å². The van der Waals surface area contributed by atoms with E-state index in [4.69, 9.17) is 4.98 Å². The summed E-state index contributed by atoms with van der Waals surface area (Å²) in [7, 11) is 0. The first-order valence-corrected chi connectivity index (χ1v) is 15.2. The monoisotopic (exact) mass is 517 g/mol. The summed E-state index contributed by atoms with van der Waals surface area (Å²) >= 11 is 3.17. The fourth-order valence-corrected chi connectivity index (χ4v) is 10.1. The number of carbonyl (C=O) groups is 2. The molecule has 0 aliphatic heterocycles. The number of Topliss-reactive ketones (excluding diaryl/α,β-unsaturated/α-hetero) is 2. The number of benzene rings is 1. The van der Waals surface area contributed by atoms with Crippen LogP contribution in [0, 0.1) is 34.5 Å². The quantitative estimate of drug-likeness (QED) is 0.380. The molecule has 0 spiro atoms. The van der Waals surface area contributed by atoms with Crippen molar-refractivity contribution in [2.75, 3.05) is 5.75 Å². The van der Waals surface area contributed by atoms with Gasteiger partial charge in [0.2, 0.25) is 0 Å². The van der Waals surface area contributed by atoms with Gasteiger partial charge in [-0.05, 0) is 61.2 Å². The van der Waals surface area contributed by atoms with Crippen molar-refractivity contribution in [1.29, 1.82) is 0 Å². The van der Waals surface area contributed by atoms with E-state index in [1.165, 1.54) is 11.1 Å². The highest BCUT2D eigenvalue weighted by atomic mass is 32.2. The van der Waals surface area contributed by atoms with Gasteiger partial charge in [-0.25, -0.2) is 4.98 Å². The van der Waals surface area contributed by atoms with Crippen molar-refractivity contribution in [2.24, 2.45) is 34.5 Å². The first-order chi connectivity index (χ1) is 17.3. The van der Waals surface area contributed by atoms with Crippen LogP contribution in [-0.4, -0.2) is 22.3 Å². The lowest BCUT2D eigenvalue weighted by Gasteiger charge is -2.57. The Balaban J connectivity index is 1.17. The van der Waals surface area contributed by atoms with E-state index in [1.54, 1.807) is 23.1 Å². The average molecular weight is 518 g/mol. The third kappa shape index (κ3) is 3.89. The second kappa shape index (κ2) is 9.09. The summed E-state index contributed by atoms with van der Waals surface area (Å²) < 4.78 is 0.945. The van der Waals surface area contributed by atoms with E-state index >= 15 is 0 Å². The highest BCUT2D eigenvalue weighted by Crippen LogP contribution is 2.66. The number of hydrogen-bond acceptors (Lipinski definition) is 5. The van der Waals surface area contributed by atoms with E-state index in [9.17, 15) is 9.59 Å². The molecule has 0 N–H and O–H groups in total. The van der Waals surface area contributed by atoms with E-state index < -0.39 is 0 Å². The number of allylic oxidation sites excluding steroid dienone is 3. The molecule has 188 valence electrons. The van der Waals surface area contributed by atoms with E-state index in [1.807, 2.05) is 18.2 Å². The average Bonchev–Trinajstić information content (AvgIpc) is 3.47. The predicted octanol–water partition coefficient (Wildman–Crippen LogP) is 7.79. The van der Waals surface area contributed by atoms with Gasteiger partial charge < -0.3 is 0 Å². The van der Waals surface area contributed by atoms with Crippen molar-refractivity contribution in [2.45, 2.75) is 63.1 Å². The molecule has 3 nitrogen and oxygen atoms in total. The lowest BCUT2D eigenvalue weighted by molar-refractivity contribution is -0.147. The highest BCUT2D eigenvalue weighted by molar-refractivity contribution is 8.01. The van der Waals surface area contributed by atoms with Gasteiger partial charge in [0.05, 0.1) is 11.4 Å². The smallest absolute Gasteiger partial charge is 0.150 e. The Hall–Kier alpha value is -1.98. The lowest BCUT2D eigenvalue weighted by Crippen LogP contribution is -2.55. The van der Waals surface area contributed by atoms with Crippen LogP contribution in [0.15, 0.2) is 63.9 Å². The molecule has 6 unspecified atom stereocenters. The normalized spacial score (nSPS) is 35.6. The summed E-state index contributed by atoms with van der Waals surface area (Å²) in [6.45, 7) is 8.81. The van der Waals surface area contributed by atoms with E-state index in [2.05, 4.69) is 44.0 Å². The number of carbonyl (C=O) groups excluding carboxylic acids is 2. The SMILES string of the molecule is C=C1C=C2CCC3C(C(=O)CC4(C)C(C(=O)CSc5nc(-c6ccccc6)cs5)CCC34)C2(C)CC1. The first kappa shape index (κ1) is 24.4. The number of nitrogens with zero attached hydrogens (tertiary/aromatic N) is 1. The molecule has 1 aromatic heterocycles. The van der Waals surface area contributed by atoms with Crippen molar-refractivity contribution >= 4 is 34.7 Å². The van der Waals surface area contributed by atoms with E-state index in [-0.39, 0.29) is 22.7 Å². The number of hydrogen-bond donors (Lipinski definition) is 0. The number of ketones is 2. The topological polar surface area (TPSA) is 47.0 Å². The predicted molar refractivity (Wildman–Crippen MR) is 148 cm³/mol. The third-order valence-corrected chi connectivity index (χ3v) is 12.1. The Kier molecular flexibility index (Phi) is 6.15. The number of fused-ring (bicyclic) bond motifs is 5. The van der Waals surface area contributed by atoms with Crippen LogP contribution in [0.2, 0.25) is 0 Å². The first-order valence-electron chi connectivity index (χ1n) is 13.4. The highest BCUT2D eigenvalue weighted by Gasteiger charge is 2.62. The minimum atomic E-state index is -0.191. The van der Waals surface area contributed by atoms with Gasteiger partial charge in [-0.15, -0.1) is 11.3 Å². The molecule has 2 aromatic rings. The molecule has 5 heteroatoms. The van der Waals surface area contributed by atoms with Crippen LogP contribution < -0.4 is 0 Å². The fraction of sp³-hybridized carbons (Fsp3) is 0.516. The molecule has 4 aliphatic rings. The van der Waals surface area contributed by atoms with Gasteiger partial charge in [0.15, 0.2) is 4.34 Å². The van der Waals surface area contributed by atoms with Gasteiger partial charge >= 0.3 is 0 Å². The lowest BCUT2D eigenvalue weighted by atomic mass is 9.46. The molecule has 36 heavy (non-hydrogen) atoms. The molecule has 3 fully saturated rings. The Labute approximate surface area is 222 Å². The summed E-state index contributed by atoms with van der Waals surface area (Å²) in [5.41, 5.74) is 4.55. The second-order valence-electron chi connectivity index (χ2n) is 11.9. The number of rotatable bonds is 5. The van der Waals surface area contributed by atoms with Gasteiger partial charge in [-0.2, -0.15) is 0 Å². The molecular weight excluding hydrogens is 482 g/mol. The number of thioether (sulfide) groups is 1. The Morgan fingerprint density at radius 2 is 1.97 bits per heavy atom. The Bertz CT molecular complexity index is 1250. The summed E-state index contributed by atoms with van der Waals surface area (Å²) in [6, 6.07) is 10.2. The van der Waals surface area contributed by atoms with Crippen LogP contribution in [0.5, 0.6) is 0 Å². The largest absolute Gasteiger partial charge is 0.299 e. The van der Waals surface area contributed by atoms with Crippen LogP contribution >= 0.6 is 23.1 Å². The van der Waals surface area contributed by atoms with Gasteiger partial charge in [0.25, 0.3) is 0 Å². The molecule has 4 aliphatic carbocycles. The van der Waals surface area contributed by atoms with Crippen molar-refractivity contribution in [3.05, 3.63) is 59.5 Å². The molecule has 1 aromatic carbocycles. The van der Waals surface area contributed by atoms with Crippen LogP contribution in [0.4, 0.5) is 0 Å². The Morgan fingerprint density at radius 1 is 1.17 bits per heavy atom. The molecule has 0 bridgehead atoms. The van der Waals surface area contributed by atoms with Crippen LogP contribution in [0.25, 0.3) is 11.3 Å². The summed E-state index contributed by atoms with van der Waals surface area (Å²) in [5.74, 6) is 2.19.